The van der Waals surface area contributed by atoms with Crippen LogP contribution in [0.15, 0.2) is 48.1 Å². The molecule has 3 nitrogen and oxygen atoms in total. The summed E-state index contributed by atoms with van der Waals surface area (Å²) in [4.78, 5) is 25.1. The monoisotopic (exact) mass is 261 g/mol. The highest BCUT2D eigenvalue weighted by atomic mass is 35.5. The maximum atomic E-state index is 12.1. The topological polar surface area (TPSA) is 37.4 Å². The summed E-state index contributed by atoms with van der Waals surface area (Å²) in [5, 5.41) is 0.499. The van der Waals surface area contributed by atoms with Gasteiger partial charge in [-0.1, -0.05) is 35.9 Å². The van der Waals surface area contributed by atoms with E-state index in [1.807, 2.05) is 13.0 Å². The quantitative estimate of drug-likeness (QED) is 0.606. The zero-order chi connectivity index (χ0) is 13.1. The van der Waals surface area contributed by atoms with Crippen LogP contribution in [0, 0.1) is 0 Å². The lowest BCUT2D eigenvalue weighted by Gasteiger charge is -2.13. The molecule has 0 saturated carbocycles. The third-order valence-electron chi connectivity index (χ3n) is 2.63. The lowest BCUT2D eigenvalue weighted by atomic mass is 10.2. The van der Waals surface area contributed by atoms with E-state index in [1.54, 1.807) is 36.4 Å². The number of carbonyl (C=O) groups excluding carboxylic acids is 2. The summed E-state index contributed by atoms with van der Waals surface area (Å²) in [5.74, 6) is -0.501. The molecule has 0 spiro atoms. The van der Waals surface area contributed by atoms with Crippen molar-refractivity contribution in [2.24, 2.45) is 0 Å². The molecule has 0 radical (unpaired) electrons. The fourth-order valence-corrected chi connectivity index (χ4v) is 1.98. The number of amides is 2. The highest BCUT2D eigenvalue weighted by molar-refractivity contribution is 6.32. The average Bonchev–Trinajstić information content (AvgIpc) is 2.62. The molecule has 0 aliphatic carbocycles. The Labute approximate surface area is 110 Å². The summed E-state index contributed by atoms with van der Waals surface area (Å²) in [6, 6.07) is 6.72. The van der Waals surface area contributed by atoms with Gasteiger partial charge < -0.3 is 0 Å². The van der Waals surface area contributed by atoms with E-state index in [4.69, 9.17) is 11.6 Å². The largest absolute Gasteiger partial charge is 0.274 e. The molecule has 1 heterocycles. The van der Waals surface area contributed by atoms with Gasteiger partial charge >= 0.3 is 0 Å². The van der Waals surface area contributed by atoms with Crippen molar-refractivity contribution in [1.29, 1.82) is 0 Å². The number of nitrogens with zero attached hydrogens (tertiary/aromatic N) is 1. The van der Waals surface area contributed by atoms with Gasteiger partial charge in [-0.25, -0.2) is 4.90 Å². The third kappa shape index (κ3) is 2.36. The van der Waals surface area contributed by atoms with E-state index < -0.39 is 0 Å². The van der Waals surface area contributed by atoms with E-state index in [2.05, 4.69) is 0 Å². The summed E-state index contributed by atoms with van der Waals surface area (Å²) < 4.78 is 0. The van der Waals surface area contributed by atoms with Crippen LogP contribution in [0.25, 0.3) is 0 Å². The second kappa shape index (κ2) is 5.19. The SMILES string of the molecule is CC=CC=C1CC(=O)N(c2cccc(Cl)c2)C1=O. The molecule has 4 heteroatoms. The molecule has 0 unspecified atom stereocenters. The minimum absolute atomic E-state index is 0.135. The fourth-order valence-electron chi connectivity index (χ4n) is 1.79. The molecule has 18 heavy (non-hydrogen) atoms. The molecule has 1 saturated heterocycles. The predicted molar refractivity (Wildman–Crippen MR) is 71.5 cm³/mol. The maximum Gasteiger partial charge on any atom is 0.261 e. The maximum absolute atomic E-state index is 12.1. The van der Waals surface area contributed by atoms with Crippen molar-refractivity contribution in [1.82, 2.24) is 0 Å². The molecule has 0 atom stereocenters. The van der Waals surface area contributed by atoms with Crippen LogP contribution in [-0.4, -0.2) is 11.8 Å². The van der Waals surface area contributed by atoms with Crippen molar-refractivity contribution in [3.8, 4) is 0 Å². The van der Waals surface area contributed by atoms with Gasteiger partial charge in [-0.05, 0) is 25.1 Å². The van der Waals surface area contributed by atoms with Crippen molar-refractivity contribution < 1.29 is 9.59 Å². The van der Waals surface area contributed by atoms with Gasteiger partial charge in [0.05, 0.1) is 12.1 Å². The molecule has 92 valence electrons. The number of allylic oxidation sites excluding steroid dienone is 3. The van der Waals surface area contributed by atoms with E-state index >= 15 is 0 Å². The van der Waals surface area contributed by atoms with Crippen molar-refractivity contribution >= 4 is 29.1 Å². The van der Waals surface area contributed by atoms with Crippen LogP contribution in [0.5, 0.6) is 0 Å². The second-order valence-electron chi connectivity index (χ2n) is 3.91. The van der Waals surface area contributed by atoms with Crippen LogP contribution in [0.4, 0.5) is 5.69 Å². The van der Waals surface area contributed by atoms with Crippen LogP contribution in [0.3, 0.4) is 0 Å². The zero-order valence-electron chi connectivity index (χ0n) is 9.89. The first-order valence-electron chi connectivity index (χ1n) is 5.58. The Kier molecular flexibility index (Phi) is 3.63. The number of rotatable bonds is 2. The van der Waals surface area contributed by atoms with E-state index in [0.717, 1.165) is 0 Å². The molecule has 2 rings (SSSR count). The summed E-state index contributed by atoms with van der Waals surface area (Å²) in [7, 11) is 0. The molecule has 0 bridgehead atoms. The van der Waals surface area contributed by atoms with Crippen LogP contribution >= 0.6 is 11.6 Å². The molecule has 1 aromatic carbocycles. The van der Waals surface area contributed by atoms with Gasteiger partial charge in [-0.3, -0.25) is 9.59 Å². The number of carbonyl (C=O) groups is 2. The van der Waals surface area contributed by atoms with Gasteiger partial charge in [-0.15, -0.1) is 0 Å². The Hall–Kier alpha value is -1.87. The van der Waals surface area contributed by atoms with Crippen LogP contribution in [0.2, 0.25) is 5.02 Å². The number of imide groups is 1. The highest BCUT2D eigenvalue weighted by Gasteiger charge is 2.34. The third-order valence-corrected chi connectivity index (χ3v) is 2.86. The fraction of sp³-hybridized carbons (Fsp3) is 0.143. The van der Waals surface area contributed by atoms with Crippen LogP contribution in [-0.2, 0) is 9.59 Å². The summed E-state index contributed by atoms with van der Waals surface area (Å²) in [6.07, 6.45) is 5.37. The van der Waals surface area contributed by atoms with E-state index in [1.165, 1.54) is 4.90 Å². The zero-order valence-corrected chi connectivity index (χ0v) is 10.6. The highest BCUT2D eigenvalue weighted by Crippen LogP contribution is 2.27. The molecule has 1 aliphatic heterocycles. The number of hydrogen-bond donors (Lipinski definition) is 0. The smallest absolute Gasteiger partial charge is 0.261 e. The molecular formula is C14H12ClNO2. The number of hydrogen-bond acceptors (Lipinski definition) is 2. The van der Waals surface area contributed by atoms with Gasteiger partial charge in [0.2, 0.25) is 5.91 Å². The van der Waals surface area contributed by atoms with Crippen molar-refractivity contribution in [3.05, 3.63) is 53.1 Å². The molecule has 0 N–H and O–H groups in total. The minimum Gasteiger partial charge on any atom is -0.274 e. The Balaban J connectivity index is 2.35. The predicted octanol–water partition coefficient (Wildman–Crippen LogP) is 3.11. The molecular weight excluding hydrogens is 250 g/mol. The van der Waals surface area contributed by atoms with E-state index in [-0.39, 0.29) is 18.2 Å². The Morgan fingerprint density at radius 1 is 1.33 bits per heavy atom. The van der Waals surface area contributed by atoms with Gasteiger partial charge in [0, 0.05) is 10.6 Å². The van der Waals surface area contributed by atoms with Gasteiger partial charge in [0.1, 0.15) is 0 Å². The summed E-state index contributed by atoms with van der Waals surface area (Å²) in [6.45, 7) is 1.85. The second-order valence-corrected chi connectivity index (χ2v) is 4.35. The molecule has 0 aromatic heterocycles. The first-order valence-corrected chi connectivity index (χ1v) is 5.96. The standard InChI is InChI=1S/C14H12ClNO2/c1-2-3-5-10-8-13(17)16(14(10)18)12-7-4-6-11(15)9-12/h2-7,9H,8H2,1H3. The van der Waals surface area contributed by atoms with Gasteiger partial charge in [0.25, 0.3) is 5.91 Å². The average molecular weight is 262 g/mol. The van der Waals surface area contributed by atoms with E-state index in [9.17, 15) is 9.59 Å². The molecule has 2 amide bonds. The lowest BCUT2D eigenvalue weighted by molar-refractivity contribution is -0.120. The first kappa shape index (κ1) is 12.6. The summed E-state index contributed by atoms with van der Waals surface area (Å²) in [5.41, 5.74) is 1.01. The number of anilines is 1. The molecule has 1 fully saturated rings. The Morgan fingerprint density at radius 2 is 2.11 bits per heavy atom. The lowest BCUT2D eigenvalue weighted by Crippen LogP contribution is -2.28. The van der Waals surface area contributed by atoms with Gasteiger partial charge in [-0.2, -0.15) is 0 Å². The minimum atomic E-state index is -0.277. The van der Waals surface area contributed by atoms with E-state index in [0.29, 0.717) is 16.3 Å². The number of halogens is 1. The van der Waals surface area contributed by atoms with Crippen LogP contribution < -0.4 is 4.90 Å². The molecule has 1 aliphatic rings. The van der Waals surface area contributed by atoms with Crippen molar-refractivity contribution in [3.63, 3.8) is 0 Å². The van der Waals surface area contributed by atoms with Crippen molar-refractivity contribution in [2.45, 2.75) is 13.3 Å². The van der Waals surface area contributed by atoms with Gasteiger partial charge in [0.15, 0.2) is 0 Å². The first-order chi connectivity index (χ1) is 8.63. The summed E-state index contributed by atoms with van der Waals surface area (Å²) >= 11 is 5.86. The van der Waals surface area contributed by atoms with Crippen LogP contribution in [0.1, 0.15) is 13.3 Å². The Bertz CT molecular complexity index is 561. The normalized spacial score (nSPS) is 18.3. The Morgan fingerprint density at radius 3 is 2.78 bits per heavy atom. The number of benzene rings is 1. The molecule has 1 aromatic rings. The van der Waals surface area contributed by atoms with Crippen molar-refractivity contribution in [2.75, 3.05) is 4.90 Å².